The van der Waals surface area contributed by atoms with Gasteiger partial charge in [-0.3, -0.25) is 4.79 Å². The zero-order valence-corrected chi connectivity index (χ0v) is 22.0. The van der Waals surface area contributed by atoms with Gasteiger partial charge in [-0.2, -0.15) is 12.7 Å². The molecule has 10 nitrogen and oxygen atoms in total. The van der Waals surface area contributed by atoms with Crippen molar-refractivity contribution >= 4 is 16.2 Å². The number of carbonyl (C=O) groups excluding carboxylic acids is 1. The summed E-state index contributed by atoms with van der Waals surface area (Å²) < 4.78 is 45.1. The first-order chi connectivity index (χ1) is 17.7. The summed E-state index contributed by atoms with van der Waals surface area (Å²) >= 11 is 0. The molecule has 0 saturated carbocycles. The second-order valence-corrected chi connectivity index (χ2v) is 10.5. The number of nitrogens with zero attached hydrogens (tertiary/aromatic N) is 3. The normalized spacial score (nSPS) is 14.6. The number of ether oxygens (including phenoxy) is 2. The topological polar surface area (TPSA) is 111 Å². The molecule has 0 amide bonds. The van der Waals surface area contributed by atoms with Gasteiger partial charge in [-0.1, -0.05) is 29.8 Å². The number of benzene rings is 2. The summed E-state index contributed by atoms with van der Waals surface area (Å²) in [5, 5.41) is 0. The van der Waals surface area contributed by atoms with Crippen LogP contribution < -0.4 is 4.74 Å². The van der Waals surface area contributed by atoms with Gasteiger partial charge >= 0.3 is 16.2 Å². The summed E-state index contributed by atoms with van der Waals surface area (Å²) in [5.41, 5.74) is 3.50. The van der Waals surface area contributed by atoms with E-state index in [2.05, 4.69) is 4.98 Å². The SMILES string of the molecule is CC(=O)ON(Cc1cccc(OCCc2nc(-c3ccc(C)cc3)oc2C)c1)S(=O)(=O)N1CCOCC1. The van der Waals surface area contributed by atoms with Crippen LogP contribution in [0.2, 0.25) is 0 Å². The van der Waals surface area contributed by atoms with E-state index in [1.807, 2.05) is 38.1 Å². The maximum atomic E-state index is 13.1. The molecular weight excluding hydrogens is 498 g/mol. The van der Waals surface area contributed by atoms with Crippen LogP contribution in [0.4, 0.5) is 0 Å². The van der Waals surface area contributed by atoms with Crippen LogP contribution in [-0.4, -0.2) is 61.1 Å². The van der Waals surface area contributed by atoms with E-state index in [9.17, 15) is 13.2 Å². The summed E-state index contributed by atoms with van der Waals surface area (Å²) in [6.07, 6.45) is 0.538. The molecule has 11 heteroatoms. The second kappa shape index (κ2) is 11.9. The highest BCUT2D eigenvalue weighted by atomic mass is 32.2. The van der Waals surface area contributed by atoms with Gasteiger partial charge in [0.25, 0.3) is 0 Å². The maximum absolute atomic E-state index is 13.1. The van der Waals surface area contributed by atoms with Crippen molar-refractivity contribution in [3.63, 3.8) is 0 Å². The molecule has 1 saturated heterocycles. The van der Waals surface area contributed by atoms with Crippen molar-refractivity contribution in [2.45, 2.75) is 33.7 Å². The van der Waals surface area contributed by atoms with E-state index in [0.717, 1.165) is 29.5 Å². The lowest BCUT2D eigenvalue weighted by Crippen LogP contribution is -2.48. The van der Waals surface area contributed by atoms with Gasteiger partial charge in [-0.05, 0) is 48.1 Å². The van der Waals surface area contributed by atoms with Crippen molar-refractivity contribution in [1.82, 2.24) is 13.8 Å². The third kappa shape index (κ3) is 6.95. The van der Waals surface area contributed by atoms with Gasteiger partial charge in [0, 0.05) is 32.0 Å². The minimum atomic E-state index is -4.03. The van der Waals surface area contributed by atoms with E-state index < -0.39 is 16.2 Å². The Balaban J connectivity index is 1.39. The highest BCUT2D eigenvalue weighted by Crippen LogP contribution is 2.23. The number of carbonyl (C=O) groups is 1. The predicted molar refractivity (Wildman–Crippen MR) is 136 cm³/mol. The van der Waals surface area contributed by atoms with Crippen molar-refractivity contribution in [1.29, 1.82) is 0 Å². The number of rotatable bonds is 10. The zero-order valence-electron chi connectivity index (χ0n) is 21.2. The van der Waals surface area contributed by atoms with Gasteiger partial charge in [-0.15, -0.1) is 0 Å². The molecule has 4 rings (SSSR count). The van der Waals surface area contributed by atoms with Crippen LogP contribution in [0.1, 0.15) is 29.5 Å². The van der Waals surface area contributed by atoms with E-state index in [0.29, 0.717) is 34.7 Å². The zero-order chi connectivity index (χ0) is 26.4. The lowest BCUT2D eigenvalue weighted by atomic mass is 10.1. The van der Waals surface area contributed by atoms with Crippen molar-refractivity contribution in [2.75, 3.05) is 32.9 Å². The minimum Gasteiger partial charge on any atom is -0.493 e. The van der Waals surface area contributed by atoms with Crippen LogP contribution in [0.15, 0.2) is 52.9 Å². The molecule has 0 atom stereocenters. The molecule has 2 heterocycles. The van der Waals surface area contributed by atoms with E-state index >= 15 is 0 Å². The second-order valence-electron chi connectivity index (χ2n) is 8.70. The first-order valence-electron chi connectivity index (χ1n) is 12.0. The Bertz CT molecular complexity index is 1320. The molecule has 0 unspecified atom stereocenters. The first kappa shape index (κ1) is 26.8. The van der Waals surface area contributed by atoms with Gasteiger partial charge < -0.3 is 18.7 Å². The van der Waals surface area contributed by atoms with Crippen molar-refractivity contribution in [2.24, 2.45) is 0 Å². The molecule has 37 heavy (non-hydrogen) atoms. The number of hydrogen-bond acceptors (Lipinski definition) is 8. The fourth-order valence-electron chi connectivity index (χ4n) is 3.84. The Morgan fingerprint density at radius 3 is 2.54 bits per heavy atom. The monoisotopic (exact) mass is 529 g/mol. The van der Waals surface area contributed by atoms with Gasteiger partial charge in [0.05, 0.1) is 32.1 Å². The van der Waals surface area contributed by atoms with Crippen molar-refractivity contribution in [3.05, 3.63) is 71.1 Å². The molecule has 198 valence electrons. The molecule has 0 spiro atoms. The van der Waals surface area contributed by atoms with E-state index in [1.165, 1.54) is 4.31 Å². The summed E-state index contributed by atoms with van der Waals surface area (Å²) in [5.74, 6) is 1.14. The van der Waals surface area contributed by atoms with Crippen LogP contribution in [0.25, 0.3) is 11.5 Å². The molecule has 1 fully saturated rings. The smallest absolute Gasteiger partial charge is 0.323 e. The van der Waals surface area contributed by atoms with Crippen molar-refractivity contribution in [3.8, 4) is 17.2 Å². The predicted octanol–water partition coefficient (Wildman–Crippen LogP) is 3.44. The largest absolute Gasteiger partial charge is 0.493 e. The molecular formula is C26H31N3O7S. The van der Waals surface area contributed by atoms with E-state index in [-0.39, 0.29) is 32.8 Å². The first-order valence-corrected chi connectivity index (χ1v) is 13.4. The van der Waals surface area contributed by atoms with Crippen molar-refractivity contribution < 1.29 is 31.9 Å². The molecule has 0 radical (unpaired) electrons. The average Bonchev–Trinajstić information content (AvgIpc) is 3.25. The molecule has 0 aliphatic carbocycles. The summed E-state index contributed by atoms with van der Waals surface area (Å²) in [7, 11) is -4.03. The molecule has 1 aliphatic rings. The Kier molecular flexibility index (Phi) is 8.59. The summed E-state index contributed by atoms with van der Waals surface area (Å²) in [6, 6.07) is 15.0. The Hall–Kier alpha value is -3.25. The lowest BCUT2D eigenvalue weighted by molar-refractivity contribution is -0.169. The third-order valence-electron chi connectivity index (χ3n) is 5.79. The fraction of sp³-hybridized carbons (Fsp3) is 0.385. The van der Waals surface area contributed by atoms with E-state index in [1.54, 1.807) is 24.3 Å². The van der Waals surface area contributed by atoms with Crippen LogP contribution in [-0.2, 0) is 37.5 Å². The van der Waals surface area contributed by atoms with Crippen LogP contribution in [0.3, 0.4) is 0 Å². The minimum absolute atomic E-state index is 0.154. The molecule has 0 N–H and O–H groups in total. The highest BCUT2D eigenvalue weighted by molar-refractivity contribution is 7.86. The maximum Gasteiger partial charge on any atom is 0.323 e. The summed E-state index contributed by atoms with van der Waals surface area (Å²) in [6.45, 7) is 6.22. The van der Waals surface area contributed by atoms with Crippen LogP contribution >= 0.6 is 0 Å². The van der Waals surface area contributed by atoms with Crippen LogP contribution in [0.5, 0.6) is 5.75 Å². The number of morpholine rings is 1. The number of aryl methyl sites for hydroxylation is 2. The summed E-state index contributed by atoms with van der Waals surface area (Å²) in [4.78, 5) is 21.3. The fourth-order valence-corrected chi connectivity index (χ4v) is 5.22. The average molecular weight is 530 g/mol. The number of oxazole rings is 1. The molecule has 3 aromatic rings. The quantitative estimate of drug-likeness (QED) is 0.367. The van der Waals surface area contributed by atoms with Gasteiger partial charge in [0.15, 0.2) is 0 Å². The number of hydrogen-bond donors (Lipinski definition) is 0. The third-order valence-corrected chi connectivity index (χ3v) is 7.53. The lowest BCUT2D eigenvalue weighted by Gasteiger charge is -2.30. The van der Waals surface area contributed by atoms with E-state index in [4.69, 9.17) is 18.7 Å². The highest BCUT2D eigenvalue weighted by Gasteiger charge is 2.33. The Morgan fingerprint density at radius 1 is 1.11 bits per heavy atom. The molecule has 2 aromatic carbocycles. The van der Waals surface area contributed by atoms with Gasteiger partial charge in [0.1, 0.15) is 11.5 Å². The standard InChI is InChI=1S/C26H31N3O7S/c1-19-7-9-23(10-8-19)26-27-25(20(2)35-26)11-14-34-24-6-4-5-22(17-24)18-29(36-21(3)30)37(31,32)28-12-15-33-16-13-28/h4-10,17H,11-16,18H2,1-3H3. The van der Waals surface area contributed by atoms with Crippen LogP contribution in [0, 0.1) is 13.8 Å². The van der Waals surface area contributed by atoms with Gasteiger partial charge in [-0.25, -0.2) is 4.98 Å². The van der Waals surface area contributed by atoms with Gasteiger partial charge in [0.2, 0.25) is 5.89 Å². The Morgan fingerprint density at radius 2 is 1.84 bits per heavy atom. The number of aromatic nitrogens is 1. The molecule has 1 aromatic heterocycles. The number of hydroxylamine groups is 1. The molecule has 1 aliphatic heterocycles. The Labute approximate surface area is 216 Å². The molecule has 0 bridgehead atoms.